The van der Waals surface area contributed by atoms with Crippen LogP contribution in [0.4, 0.5) is 4.39 Å². The van der Waals surface area contributed by atoms with E-state index >= 15 is 0 Å². The molecule has 1 atom stereocenters. The van der Waals surface area contributed by atoms with Gasteiger partial charge in [-0.05, 0) is 56.9 Å². The lowest BCUT2D eigenvalue weighted by molar-refractivity contribution is 0.199. The van der Waals surface area contributed by atoms with Crippen LogP contribution in [0.2, 0.25) is 0 Å². The van der Waals surface area contributed by atoms with Crippen LogP contribution < -0.4 is 5.32 Å². The van der Waals surface area contributed by atoms with Crippen LogP contribution in [0.3, 0.4) is 0 Å². The van der Waals surface area contributed by atoms with Gasteiger partial charge in [0.1, 0.15) is 5.82 Å². The van der Waals surface area contributed by atoms with Crippen LogP contribution in [0.1, 0.15) is 31.7 Å². The summed E-state index contributed by atoms with van der Waals surface area (Å²) >= 11 is 3.31. The lowest BCUT2D eigenvalue weighted by Gasteiger charge is -2.30. The number of hydrogen-bond acceptors (Lipinski definition) is 2. The van der Waals surface area contributed by atoms with Gasteiger partial charge in [0, 0.05) is 23.1 Å². The second-order valence-electron chi connectivity index (χ2n) is 5.68. The molecule has 1 saturated heterocycles. The van der Waals surface area contributed by atoms with E-state index < -0.39 is 0 Å². The fourth-order valence-electron chi connectivity index (χ4n) is 2.89. The van der Waals surface area contributed by atoms with Crippen molar-refractivity contribution in [2.24, 2.45) is 5.92 Å². The van der Waals surface area contributed by atoms with E-state index in [4.69, 9.17) is 0 Å². The third kappa shape index (κ3) is 4.83. The highest BCUT2D eigenvalue weighted by Crippen LogP contribution is 2.19. The first-order valence-electron chi connectivity index (χ1n) is 7.56. The predicted octanol–water partition coefficient (Wildman–Crippen LogP) is 3.80. The third-order valence-electron chi connectivity index (χ3n) is 3.86. The van der Waals surface area contributed by atoms with Crippen molar-refractivity contribution in [2.45, 2.75) is 32.7 Å². The van der Waals surface area contributed by atoms with Gasteiger partial charge in [0.15, 0.2) is 0 Å². The van der Waals surface area contributed by atoms with Gasteiger partial charge in [-0.1, -0.05) is 28.9 Å². The van der Waals surface area contributed by atoms with E-state index in [9.17, 15) is 4.39 Å². The summed E-state index contributed by atoms with van der Waals surface area (Å²) in [6.45, 7) is 7.24. The summed E-state index contributed by atoms with van der Waals surface area (Å²) in [5.74, 6) is 0.594. The summed E-state index contributed by atoms with van der Waals surface area (Å²) in [6.07, 6.45) is 3.66. The molecule has 0 aromatic heterocycles. The molecule has 1 aromatic carbocycles. The number of halogens is 2. The Morgan fingerprint density at radius 3 is 2.95 bits per heavy atom. The van der Waals surface area contributed by atoms with Gasteiger partial charge in [0.25, 0.3) is 0 Å². The average molecular weight is 343 g/mol. The first kappa shape index (κ1) is 15.9. The summed E-state index contributed by atoms with van der Waals surface area (Å²) in [5, 5.41) is 3.46. The molecule has 1 unspecified atom stereocenters. The van der Waals surface area contributed by atoms with Gasteiger partial charge in [-0.25, -0.2) is 4.39 Å². The average Bonchev–Trinajstić information content (AvgIpc) is 2.43. The van der Waals surface area contributed by atoms with Gasteiger partial charge in [-0.2, -0.15) is 0 Å². The Hall–Kier alpha value is -0.450. The van der Waals surface area contributed by atoms with E-state index in [0.29, 0.717) is 12.5 Å². The molecule has 2 nitrogen and oxygen atoms in total. The molecular weight excluding hydrogens is 319 g/mol. The maximum absolute atomic E-state index is 14.0. The van der Waals surface area contributed by atoms with Gasteiger partial charge < -0.3 is 5.32 Å². The van der Waals surface area contributed by atoms with E-state index in [2.05, 4.69) is 33.1 Å². The molecule has 1 fully saturated rings. The molecule has 1 aromatic rings. The lowest BCUT2D eigenvalue weighted by Crippen LogP contribution is -2.38. The number of hydrogen-bond donors (Lipinski definition) is 1. The fraction of sp³-hybridized carbons (Fsp3) is 0.625. The van der Waals surface area contributed by atoms with Crippen LogP contribution in [-0.2, 0) is 6.54 Å². The molecule has 1 aliphatic heterocycles. The Balaban J connectivity index is 1.96. The van der Waals surface area contributed by atoms with Crippen molar-refractivity contribution < 1.29 is 4.39 Å². The SMILES string of the molecule is CCCN(Cc1ccc(Br)cc1F)CC1CCCNC1. The van der Waals surface area contributed by atoms with Crippen LogP contribution in [0, 0.1) is 11.7 Å². The summed E-state index contributed by atoms with van der Waals surface area (Å²) in [6, 6.07) is 5.37. The van der Waals surface area contributed by atoms with Gasteiger partial charge in [0.05, 0.1) is 0 Å². The summed E-state index contributed by atoms with van der Waals surface area (Å²) in [7, 11) is 0. The molecule has 2 rings (SSSR count). The molecule has 0 aliphatic carbocycles. The highest BCUT2D eigenvalue weighted by Gasteiger charge is 2.17. The van der Waals surface area contributed by atoms with E-state index in [0.717, 1.165) is 42.6 Å². The number of nitrogens with one attached hydrogen (secondary N) is 1. The minimum Gasteiger partial charge on any atom is -0.316 e. The highest BCUT2D eigenvalue weighted by atomic mass is 79.9. The Labute approximate surface area is 129 Å². The van der Waals surface area contributed by atoms with Crippen molar-refractivity contribution in [1.82, 2.24) is 10.2 Å². The normalized spacial score (nSPS) is 19.5. The maximum atomic E-state index is 14.0. The molecule has 0 bridgehead atoms. The zero-order valence-corrected chi connectivity index (χ0v) is 13.8. The Morgan fingerprint density at radius 1 is 1.45 bits per heavy atom. The minimum absolute atomic E-state index is 0.109. The maximum Gasteiger partial charge on any atom is 0.128 e. The van der Waals surface area contributed by atoms with Gasteiger partial charge in [-0.15, -0.1) is 0 Å². The first-order valence-corrected chi connectivity index (χ1v) is 8.35. The van der Waals surface area contributed by atoms with Crippen LogP contribution in [0.25, 0.3) is 0 Å². The lowest BCUT2D eigenvalue weighted by atomic mass is 9.98. The quantitative estimate of drug-likeness (QED) is 0.845. The van der Waals surface area contributed by atoms with Crippen molar-refractivity contribution >= 4 is 15.9 Å². The molecule has 20 heavy (non-hydrogen) atoms. The number of rotatable bonds is 6. The van der Waals surface area contributed by atoms with Crippen LogP contribution in [0.5, 0.6) is 0 Å². The van der Waals surface area contributed by atoms with E-state index in [1.165, 1.54) is 12.8 Å². The van der Waals surface area contributed by atoms with Crippen molar-refractivity contribution in [3.63, 3.8) is 0 Å². The standard InChI is InChI=1S/C16H24BrFN2/c1-2-8-20(11-13-4-3-7-19-10-13)12-14-5-6-15(17)9-16(14)18/h5-6,9,13,19H,2-4,7-8,10-12H2,1H3. The Bertz CT molecular complexity index is 419. The zero-order chi connectivity index (χ0) is 14.4. The largest absolute Gasteiger partial charge is 0.316 e. The monoisotopic (exact) mass is 342 g/mol. The molecule has 4 heteroatoms. The third-order valence-corrected chi connectivity index (χ3v) is 4.36. The first-order chi connectivity index (χ1) is 9.69. The Morgan fingerprint density at radius 2 is 2.30 bits per heavy atom. The molecule has 1 heterocycles. The van der Waals surface area contributed by atoms with Crippen molar-refractivity contribution in [3.8, 4) is 0 Å². The molecule has 112 valence electrons. The van der Waals surface area contributed by atoms with E-state index in [1.54, 1.807) is 6.07 Å². The topological polar surface area (TPSA) is 15.3 Å². The van der Waals surface area contributed by atoms with E-state index in [-0.39, 0.29) is 5.82 Å². The second kappa shape index (κ2) is 8.11. The minimum atomic E-state index is -0.109. The molecule has 0 saturated carbocycles. The predicted molar refractivity (Wildman–Crippen MR) is 85.3 cm³/mol. The molecule has 1 aliphatic rings. The van der Waals surface area contributed by atoms with Crippen LogP contribution in [0.15, 0.2) is 22.7 Å². The van der Waals surface area contributed by atoms with Gasteiger partial charge in [0.2, 0.25) is 0 Å². The smallest absolute Gasteiger partial charge is 0.128 e. The summed E-state index contributed by atoms with van der Waals surface area (Å²) in [4.78, 5) is 2.39. The fourth-order valence-corrected chi connectivity index (χ4v) is 3.22. The molecule has 0 amide bonds. The van der Waals surface area contributed by atoms with Crippen molar-refractivity contribution in [2.75, 3.05) is 26.2 Å². The van der Waals surface area contributed by atoms with Crippen LogP contribution in [-0.4, -0.2) is 31.1 Å². The summed E-state index contributed by atoms with van der Waals surface area (Å²) in [5.41, 5.74) is 0.797. The number of benzene rings is 1. The van der Waals surface area contributed by atoms with E-state index in [1.807, 2.05) is 12.1 Å². The highest BCUT2D eigenvalue weighted by molar-refractivity contribution is 9.10. The molecule has 1 N–H and O–H groups in total. The van der Waals surface area contributed by atoms with Crippen molar-refractivity contribution in [1.29, 1.82) is 0 Å². The van der Waals surface area contributed by atoms with Crippen molar-refractivity contribution in [3.05, 3.63) is 34.1 Å². The molecule has 0 spiro atoms. The van der Waals surface area contributed by atoms with Crippen LogP contribution >= 0.6 is 15.9 Å². The summed E-state index contributed by atoms with van der Waals surface area (Å²) < 4.78 is 14.8. The molecule has 0 radical (unpaired) electrons. The Kier molecular flexibility index (Phi) is 6.46. The second-order valence-corrected chi connectivity index (χ2v) is 6.60. The molecular formula is C16H24BrFN2. The number of piperidine rings is 1. The van der Waals surface area contributed by atoms with Gasteiger partial charge >= 0.3 is 0 Å². The zero-order valence-electron chi connectivity index (χ0n) is 12.2. The van der Waals surface area contributed by atoms with Gasteiger partial charge in [-0.3, -0.25) is 4.90 Å². The number of nitrogens with zero attached hydrogens (tertiary/aromatic N) is 1.